The number of H-pyrrole nitrogens is 1. The number of aromatic amines is 1. The second kappa shape index (κ2) is 3.52. The molecule has 0 aliphatic rings. The van der Waals surface area contributed by atoms with E-state index in [1.165, 1.54) is 0 Å². The van der Waals surface area contributed by atoms with E-state index in [0.29, 0.717) is 5.95 Å². The predicted molar refractivity (Wildman–Crippen MR) is 45.2 cm³/mol. The van der Waals surface area contributed by atoms with Crippen molar-refractivity contribution in [2.45, 2.75) is 13.8 Å². The number of hydrogen-bond donors (Lipinski definition) is 1. The van der Waals surface area contributed by atoms with E-state index in [9.17, 15) is 0 Å². The topological polar surface area (TPSA) is 45.1 Å². The maximum Gasteiger partial charge on any atom is 0.315 e. The fraction of sp³-hybridized carbons (Fsp3) is 0.667. The van der Waals surface area contributed by atoms with Gasteiger partial charge >= 0.3 is 4.84 Å². The van der Waals surface area contributed by atoms with Gasteiger partial charge in [-0.2, -0.15) is 10.1 Å². The van der Waals surface area contributed by atoms with Crippen molar-refractivity contribution in [3.05, 3.63) is 4.84 Å². The van der Waals surface area contributed by atoms with Crippen molar-refractivity contribution in [1.82, 2.24) is 10.1 Å². The van der Waals surface area contributed by atoms with Crippen LogP contribution in [0, 0.1) is 4.84 Å². The standard InChI is InChI=1S/C6H11N3OS/c1-3-9(4-2)5-7-6(11)10-8-5/h3-4H2,1-2H3,(H,7,8,11). The maximum atomic E-state index is 4.79. The molecule has 5 heteroatoms. The summed E-state index contributed by atoms with van der Waals surface area (Å²) in [4.78, 5) is 6.25. The molecule has 0 saturated carbocycles. The average Bonchev–Trinajstić information content (AvgIpc) is 2.39. The molecule has 4 nitrogen and oxygen atoms in total. The molecular formula is C6H11N3OS. The molecule has 1 N–H and O–H groups in total. The van der Waals surface area contributed by atoms with Crippen LogP contribution < -0.4 is 4.90 Å². The second-order valence-corrected chi connectivity index (χ2v) is 2.43. The van der Waals surface area contributed by atoms with Crippen molar-refractivity contribution in [3.8, 4) is 0 Å². The quantitative estimate of drug-likeness (QED) is 0.705. The summed E-state index contributed by atoms with van der Waals surface area (Å²) >= 11 is 4.71. The van der Waals surface area contributed by atoms with Crippen LogP contribution in [0.25, 0.3) is 0 Å². The second-order valence-electron chi connectivity index (χ2n) is 2.08. The lowest BCUT2D eigenvalue weighted by molar-refractivity contribution is 0.404. The van der Waals surface area contributed by atoms with Crippen LogP contribution in [0.1, 0.15) is 13.8 Å². The van der Waals surface area contributed by atoms with Crippen LogP contribution in [-0.4, -0.2) is 23.2 Å². The minimum absolute atomic E-state index is 0.256. The number of aromatic nitrogens is 2. The highest BCUT2D eigenvalue weighted by molar-refractivity contribution is 7.71. The Morgan fingerprint density at radius 2 is 2.18 bits per heavy atom. The molecule has 0 fully saturated rings. The summed E-state index contributed by atoms with van der Waals surface area (Å²) in [5.41, 5.74) is 0. The zero-order valence-corrected chi connectivity index (χ0v) is 7.44. The average molecular weight is 173 g/mol. The SMILES string of the molecule is CCN(CC)c1nc(=S)o[nH]1. The summed E-state index contributed by atoms with van der Waals surface area (Å²) in [7, 11) is 0. The van der Waals surface area contributed by atoms with E-state index in [-0.39, 0.29) is 4.84 Å². The molecule has 0 aliphatic carbocycles. The van der Waals surface area contributed by atoms with Crippen molar-refractivity contribution in [3.63, 3.8) is 0 Å². The Kier molecular flexibility index (Phi) is 2.64. The van der Waals surface area contributed by atoms with E-state index in [0.717, 1.165) is 13.1 Å². The van der Waals surface area contributed by atoms with Crippen LogP contribution in [0.3, 0.4) is 0 Å². The molecule has 1 aromatic rings. The van der Waals surface area contributed by atoms with E-state index in [2.05, 4.69) is 24.0 Å². The van der Waals surface area contributed by atoms with E-state index in [4.69, 9.17) is 16.7 Å². The van der Waals surface area contributed by atoms with Gasteiger partial charge in [0.05, 0.1) is 0 Å². The molecule has 0 amide bonds. The van der Waals surface area contributed by atoms with E-state index in [1.807, 2.05) is 4.90 Å². The third-order valence-corrected chi connectivity index (χ3v) is 1.66. The molecule has 0 bridgehead atoms. The number of nitrogens with one attached hydrogen (secondary N) is 1. The largest absolute Gasteiger partial charge is 0.346 e. The monoisotopic (exact) mass is 173 g/mol. The highest BCUT2D eigenvalue weighted by Gasteiger charge is 2.04. The minimum atomic E-state index is 0.256. The molecule has 0 aromatic carbocycles. The van der Waals surface area contributed by atoms with Crippen molar-refractivity contribution >= 4 is 18.2 Å². The lowest BCUT2D eigenvalue weighted by Crippen LogP contribution is -2.22. The van der Waals surface area contributed by atoms with Crippen molar-refractivity contribution < 1.29 is 4.52 Å². The Morgan fingerprint density at radius 1 is 1.55 bits per heavy atom. The molecule has 62 valence electrons. The highest BCUT2D eigenvalue weighted by Crippen LogP contribution is 2.04. The highest BCUT2D eigenvalue weighted by atomic mass is 32.1. The molecule has 1 heterocycles. The molecule has 0 saturated heterocycles. The van der Waals surface area contributed by atoms with Crippen LogP contribution in [0.2, 0.25) is 0 Å². The van der Waals surface area contributed by atoms with Crippen LogP contribution in [-0.2, 0) is 0 Å². The number of hydrogen-bond acceptors (Lipinski definition) is 4. The Labute approximate surface area is 70.2 Å². The fourth-order valence-electron chi connectivity index (χ4n) is 0.880. The van der Waals surface area contributed by atoms with Gasteiger partial charge in [-0.1, -0.05) is 0 Å². The third-order valence-electron chi connectivity index (χ3n) is 1.49. The number of nitrogens with zero attached hydrogens (tertiary/aromatic N) is 2. The van der Waals surface area contributed by atoms with Crippen LogP contribution in [0.15, 0.2) is 4.52 Å². The summed E-state index contributed by atoms with van der Waals surface area (Å²) < 4.78 is 4.79. The van der Waals surface area contributed by atoms with Gasteiger partial charge in [-0.3, -0.25) is 0 Å². The molecule has 0 unspecified atom stereocenters. The van der Waals surface area contributed by atoms with Crippen LogP contribution in [0.4, 0.5) is 5.95 Å². The van der Waals surface area contributed by atoms with E-state index < -0.39 is 0 Å². The van der Waals surface area contributed by atoms with Crippen molar-refractivity contribution in [2.75, 3.05) is 18.0 Å². The predicted octanol–water partition coefficient (Wildman–Crippen LogP) is 1.58. The molecule has 1 aromatic heterocycles. The van der Waals surface area contributed by atoms with Gasteiger partial charge in [0.2, 0.25) is 5.95 Å². The van der Waals surface area contributed by atoms with E-state index >= 15 is 0 Å². The number of anilines is 1. The van der Waals surface area contributed by atoms with Crippen molar-refractivity contribution in [1.29, 1.82) is 0 Å². The van der Waals surface area contributed by atoms with Gasteiger partial charge in [0.1, 0.15) is 0 Å². The first-order valence-corrected chi connectivity index (χ1v) is 3.99. The lowest BCUT2D eigenvalue weighted by Gasteiger charge is -2.15. The van der Waals surface area contributed by atoms with Crippen LogP contribution in [0.5, 0.6) is 0 Å². The molecule has 0 spiro atoms. The summed E-state index contributed by atoms with van der Waals surface area (Å²) in [6, 6.07) is 0. The van der Waals surface area contributed by atoms with Gasteiger partial charge < -0.3 is 9.42 Å². The first-order chi connectivity index (χ1) is 5.27. The van der Waals surface area contributed by atoms with Crippen LogP contribution >= 0.6 is 12.2 Å². The summed E-state index contributed by atoms with van der Waals surface area (Å²) in [5, 5.41) is 2.64. The molecule has 1 rings (SSSR count). The normalized spacial score (nSPS) is 10.0. The molecule has 0 aliphatic heterocycles. The van der Waals surface area contributed by atoms with Gasteiger partial charge in [-0.05, 0) is 26.1 Å². The number of rotatable bonds is 3. The zero-order chi connectivity index (χ0) is 8.27. The first-order valence-electron chi connectivity index (χ1n) is 3.58. The summed E-state index contributed by atoms with van der Waals surface area (Å²) in [6.45, 7) is 5.90. The fourth-order valence-corrected chi connectivity index (χ4v) is 1.01. The maximum absolute atomic E-state index is 4.79. The Balaban J connectivity index is 2.81. The van der Waals surface area contributed by atoms with Crippen molar-refractivity contribution in [2.24, 2.45) is 0 Å². The van der Waals surface area contributed by atoms with E-state index in [1.54, 1.807) is 0 Å². The van der Waals surface area contributed by atoms with Gasteiger partial charge in [0.25, 0.3) is 0 Å². The molecule has 11 heavy (non-hydrogen) atoms. The molecule has 0 radical (unpaired) electrons. The minimum Gasteiger partial charge on any atom is -0.346 e. The Bertz CT molecular complexity index is 263. The first kappa shape index (κ1) is 8.26. The smallest absolute Gasteiger partial charge is 0.315 e. The molecular weight excluding hydrogens is 162 g/mol. The van der Waals surface area contributed by atoms with Gasteiger partial charge in [0.15, 0.2) is 0 Å². The Hall–Kier alpha value is -0.840. The van der Waals surface area contributed by atoms with Gasteiger partial charge in [-0.25, -0.2) is 0 Å². The lowest BCUT2D eigenvalue weighted by atomic mass is 10.5. The summed E-state index contributed by atoms with van der Waals surface area (Å²) in [6.07, 6.45) is 0. The Morgan fingerprint density at radius 3 is 2.55 bits per heavy atom. The zero-order valence-electron chi connectivity index (χ0n) is 6.63. The van der Waals surface area contributed by atoms with Gasteiger partial charge in [0, 0.05) is 13.1 Å². The van der Waals surface area contributed by atoms with Gasteiger partial charge in [-0.15, -0.1) is 0 Å². The summed E-state index contributed by atoms with van der Waals surface area (Å²) in [5.74, 6) is 0.708. The molecule has 0 atom stereocenters. The third kappa shape index (κ3) is 1.80.